The number of nitro groups is 1. The number of nitrogens with two attached hydrogens (primary N) is 1. The molecular formula is C20H22N4O5. The summed E-state index contributed by atoms with van der Waals surface area (Å²) in [6.45, 7) is 2.02. The van der Waals surface area contributed by atoms with Gasteiger partial charge < -0.3 is 20.7 Å². The maximum absolute atomic E-state index is 12.9. The van der Waals surface area contributed by atoms with Gasteiger partial charge in [0.1, 0.15) is 11.8 Å². The molecule has 9 nitrogen and oxygen atoms in total. The average molecular weight is 398 g/mol. The minimum absolute atomic E-state index is 0.0469. The minimum atomic E-state index is -0.624. The summed E-state index contributed by atoms with van der Waals surface area (Å²) in [6.07, 6.45) is 1.23. The zero-order chi connectivity index (χ0) is 21.1. The highest BCUT2D eigenvalue weighted by atomic mass is 16.6. The molecule has 3 rings (SSSR count). The van der Waals surface area contributed by atoms with Crippen LogP contribution >= 0.6 is 0 Å². The molecule has 0 bridgehead atoms. The van der Waals surface area contributed by atoms with E-state index < -0.39 is 11.0 Å². The number of hydrogen-bond donors (Lipinski definition) is 2. The first-order chi connectivity index (χ1) is 13.8. The Morgan fingerprint density at radius 1 is 1.28 bits per heavy atom. The largest absolute Gasteiger partial charge is 0.495 e. The van der Waals surface area contributed by atoms with Crippen LogP contribution in [-0.2, 0) is 4.79 Å². The molecule has 1 fully saturated rings. The summed E-state index contributed by atoms with van der Waals surface area (Å²) in [6, 6.07) is 8.52. The van der Waals surface area contributed by atoms with Gasteiger partial charge in [-0.25, -0.2) is 0 Å². The van der Waals surface area contributed by atoms with E-state index in [4.69, 9.17) is 10.5 Å². The first-order valence-corrected chi connectivity index (χ1v) is 9.12. The molecule has 1 atom stereocenters. The third-order valence-corrected chi connectivity index (χ3v) is 4.95. The molecule has 1 aliphatic heterocycles. The van der Waals surface area contributed by atoms with Crippen LogP contribution in [0.25, 0.3) is 0 Å². The highest BCUT2D eigenvalue weighted by molar-refractivity contribution is 6.02. The van der Waals surface area contributed by atoms with Gasteiger partial charge in [-0.1, -0.05) is 0 Å². The number of likely N-dealkylation sites (tertiary alicyclic amines) is 1. The van der Waals surface area contributed by atoms with Crippen molar-refractivity contribution in [3.8, 4) is 5.75 Å². The van der Waals surface area contributed by atoms with Crippen molar-refractivity contribution in [1.29, 1.82) is 0 Å². The van der Waals surface area contributed by atoms with Gasteiger partial charge in [-0.2, -0.15) is 0 Å². The predicted molar refractivity (Wildman–Crippen MR) is 108 cm³/mol. The molecule has 2 aromatic carbocycles. The van der Waals surface area contributed by atoms with Crippen LogP contribution in [0.3, 0.4) is 0 Å². The number of methoxy groups -OCH3 is 1. The van der Waals surface area contributed by atoms with E-state index in [2.05, 4.69) is 5.32 Å². The van der Waals surface area contributed by atoms with Crippen LogP contribution < -0.4 is 15.8 Å². The van der Waals surface area contributed by atoms with Crippen LogP contribution in [-0.4, -0.2) is 41.3 Å². The first kappa shape index (κ1) is 20.1. The Kier molecular flexibility index (Phi) is 5.67. The van der Waals surface area contributed by atoms with Crippen LogP contribution in [0, 0.1) is 17.0 Å². The number of nitrogens with zero attached hydrogens (tertiary/aromatic N) is 2. The van der Waals surface area contributed by atoms with Crippen molar-refractivity contribution in [3.05, 3.63) is 57.6 Å². The van der Waals surface area contributed by atoms with E-state index in [0.29, 0.717) is 47.6 Å². The third-order valence-electron chi connectivity index (χ3n) is 4.95. The van der Waals surface area contributed by atoms with Gasteiger partial charge in [-0.15, -0.1) is 0 Å². The number of ether oxygens (including phenoxy) is 1. The molecule has 0 aromatic heterocycles. The van der Waals surface area contributed by atoms with Gasteiger partial charge in [-0.05, 0) is 50.1 Å². The number of nitrogens with one attached hydrogen (secondary N) is 1. The lowest BCUT2D eigenvalue weighted by atomic mass is 10.1. The number of rotatable bonds is 5. The Bertz CT molecular complexity index is 975. The molecule has 2 amide bonds. The fraction of sp³-hybridized carbons (Fsp3) is 0.300. The maximum Gasteiger partial charge on any atom is 0.272 e. The Balaban J connectivity index is 1.76. The van der Waals surface area contributed by atoms with Gasteiger partial charge in [0.25, 0.3) is 11.6 Å². The van der Waals surface area contributed by atoms with E-state index >= 15 is 0 Å². The van der Waals surface area contributed by atoms with Gasteiger partial charge in [-0.3, -0.25) is 19.7 Å². The zero-order valence-electron chi connectivity index (χ0n) is 16.2. The molecule has 3 N–H and O–H groups in total. The lowest BCUT2D eigenvalue weighted by molar-refractivity contribution is -0.385. The molecule has 1 saturated heterocycles. The fourth-order valence-corrected chi connectivity index (χ4v) is 3.48. The van der Waals surface area contributed by atoms with Crippen molar-refractivity contribution in [3.63, 3.8) is 0 Å². The Hall–Kier alpha value is -3.62. The first-order valence-electron chi connectivity index (χ1n) is 9.12. The normalized spacial score (nSPS) is 15.8. The maximum atomic E-state index is 12.9. The lowest BCUT2D eigenvalue weighted by Crippen LogP contribution is -2.43. The van der Waals surface area contributed by atoms with E-state index in [-0.39, 0.29) is 17.5 Å². The predicted octanol–water partition coefficient (Wildman–Crippen LogP) is 2.74. The van der Waals surface area contributed by atoms with Crippen molar-refractivity contribution < 1.29 is 19.2 Å². The summed E-state index contributed by atoms with van der Waals surface area (Å²) < 4.78 is 5.10. The molecule has 2 aromatic rings. The van der Waals surface area contributed by atoms with Crippen molar-refractivity contribution in [2.24, 2.45) is 0 Å². The molecule has 1 unspecified atom stereocenters. The van der Waals surface area contributed by atoms with Gasteiger partial charge in [0.05, 0.1) is 17.7 Å². The number of hydrogen-bond acceptors (Lipinski definition) is 6. The van der Waals surface area contributed by atoms with Crippen molar-refractivity contribution in [2.75, 3.05) is 24.7 Å². The number of anilines is 2. The topological polar surface area (TPSA) is 128 Å². The second-order valence-electron chi connectivity index (χ2n) is 6.86. The van der Waals surface area contributed by atoms with Crippen LogP contribution in [0.2, 0.25) is 0 Å². The summed E-state index contributed by atoms with van der Waals surface area (Å²) in [5, 5.41) is 13.8. The number of amides is 2. The highest BCUT2D eigenvalue weighted by Gasteiger charge is 2.35. The number of nitrogen functional groups attached to an aromatic ring is 1. The van der Waals surface area contributed by atoms with Crippen molar-refractivity contribution in [1.82, 2.24) is 4.90 Å². The Morgan fingerprint density at radius 2 is 2.03 bits per heavy atom. The molecule has 9 heteroatoms. The number of nitro benzene ring substituents is 1. The molecule has 1 heterocycles. The molecular weight excluding hydrogens is 376 g/mol. The molecule has 0 radical (unpaired) electrons. The lowest BCUT2D eigenvalue weighted by Gasteiger charge is -2.24. The second kappa shape index (κ2) is 8.17. The molecule has 29 heavy (non-hydrogen) atoms. The van der Waals surface area contributed by atoms with E-state index in [1.165, 1.54) is 30.2 Å². The van der Waals surface area contributed by atoms with Gasteiger partial charge in [0.15, 0.2) is 0 Å². The van der Waals surface area contributed by atoms with Crippen LogP contribution in [0.4, 0.5) is 17.1 Å². The van der Waals surface area contributed by atoms with Gasteiger partial charge in [0.2, 0.25) is 5.91 Å². The minimum Gasteiger partial charge on any atom is -0.495 e. The molecule has 152 valence electrons. The number of benzene rings is 2. The monoisotopic (exact) mass is 398 g/mol. The van der Waals surface area contributed by atoms with Gasteiger partial charge >= 0.3 is 0 Å². The summed E-state index contributed by atoms with van der Waals surface area (Å²) in [7, 11) is 1.51. The highest BCUT2D eigenvalue weighted by Crippen LogP contribution is 2.27. The fourth-order valence-electron chi connectivity index (χ4n) is 3.48. The standard InChI is InChI=1S/C20H22N4O5/c1-12-10-13(5-7-16(12)24(27)28)20(26)23-9-3-4-17(23)19(25)22-14-6-8-18(29-2)15(21)11-14/h5-8,10-11,17H,3-4,9,21H2,1-2H3,(H,22,25). The van der Waals surface area contributed by atoms with E-state index in [1.807, 2.05) is 0 Å². The van der Waals surface area contributed by atoms with Crippen molar-refractivity contribution >= 4 is 28.9 Å². The third kappa shape index (κ3) is 4.13. The smallest absolute Gasteiger partial charge is 0.272 e. The van der Waals surface area contributed by atoms with Crippen LogP contribution in [0.5, 0.6) is 5.75 Å². The molecule has 1 aliphatic rings. The summed E-state index contributed by atoms with van der Waals surface area (Å²) in [5.41, 5.74) is 7.45. The molecule has 0 saturated carbocycles. The number of aryl methyl sites for hydroxylation is 1. The van der Waals surface area contributed by atoms with Gasteiger partial charge in [0, 0.05) is 29.4 Å². The van der Waals surface area contributed by atoms with Crippen LogP contribution in [0.1, 0.15) is 28.8 Å². The second-order valence-corrected chi connectivity index (χ2v) is 6.86. The van der Waals surface area contributed by atoms with E-state index in [9.17, 15) is 19.7 Å². The molecule has 0 spiro atoms. The number of carbonyl (C=O) groups is 2. The SMILES string of the molecule is COc1ccc(NC(=O)C2CCCN2C(=O)c2ccc([N+](=O)[O-])c(C)c2)cc1N. The van der Waals surface area contributed by atoms with E-state index in [0.717, 1.165) is 0 Å². The summed E-state index contributed by atoms with van der Waals surface area (Å²) in [5.74, 6) is -0.122. The van der Waals surface area contributed by atoms with Crippen LogP contribution in [0.15, 0.2) is 36.4 Å². The molecule has 0 aliphatic carbocycles. The Morgan fingerprint density at radius 3 is 2.66 bits per heavy atom. The zero-order valence-corrected chi connectivity index (χ0v) is 16.2. The summed E-state index contributed by atoms with van der Waals surface area (Å²) >= 11 is 0. The average Bonchev–Trinajstić information content (AvgIpc) is 3.17. The van der Waals surface area contributed by atoms with Crippen molar-refractivity contribution in [2.45, 2.75) is 25.8 Å². The summed E-state index contributed by atoms with van der Waals surface area (Å²) in [4.78, 5) is 37.7. The number of carbonyl (C=O) groups excluding carboxylic acids is 2. The Labute approximate surface area is 167 Å². The van der Waals surface area contributed by atoms with E-state index in [1.54, 1.807) is 25.1 Å². The quantitative estimate of drug-likeness (QED) is 0.453.